The largest absolute Gasteiger partial charge is 0.469 e. The van der Waals surface area contributed by atoms with E-state index in [0.717, 1.165) is 22.3 Å². The van der Waals surface area contributed by atoms with Crippen molar-refractivity contribution in [2.75, 3.05) is 6.61 Å². The Morgan fingerprint density at radius 2 is 1.53 bits per heavy atom. The van der Waals surface area contributed by atoms with Crippen molar-refractivity contribution in [3.63, 3.8) is 0 Å². The molecule has 0 spiro atoms. The highest BCUT2D eigenvalue weighted by atomic mass is 31.2. The van der Waals surface area contributed by atoms with Crippen LogP contribution in [0.3, 0.4) is 0 Å². The Hall–Kier alpha value is -3.33. The highest BCUT2D eigenvalue weighted by molar-refractivity contribution is 7.46. The molecule has 10 heteroatoms. The minimum atomic E-state index is -4.98. The number of esters is 1. The molecule has 0 saturated heterocycles. The fourth-order valence-electron chi connectivity index (χ4n) is 4.37. The smallest absolute Gasteiger partial charge is 0.459 e. The molecule has 3 aromatic carbocycles. The quantitative estimate of drug-likeness (QED) is 0.173. The maximum absolute atomic E-state index is 13.0. The molecule has 0 radical (unpaired) electrons. The monoisotopic (exact) mass is 511 g/mol. The molecule has 0 aliphatic heterocycles. The van der Waals surface area contributed by atoms with Crippen LogP contribution in [0.1, 0.15) is 29.5 Å². The molecule has 0 heterocycles. The fraction of sp³-hybridized carbons (Fsp3) is 0.231. The van der Waals surface area contributed by atoms with Crippen molar-refractivity contribution in [2.45, 2.75) is 31.6 Å². The van der Waals surface area contributed by atoms with E-state index in [0.29, 0.717) is 10.6 Å². The molecule has 0 fully saturated rings. The third kappa shape index (κ3) is 5.90. The van der Waals surface area contributed by atoms with Gasteiger partial charge in [-0.3, -0.25) is 14.2 Å². The van der Waals surface area contributed by atoms with Gasteiger partial charge in [0.1, 0.15) is 12.7 Å². The number of rotatable bonds is 11. The van der Waals surface area contributed by atoms with Crippen LogP contribution in [0.25, 0.3) is 11.1 Å². The van der Waals surface area contributed by atoms with Gasteiger partial charge in [-0.1, -0.05) is 78.9 Å². The second kappa shape index (κ2) is 11.2. The summed E-state index contributed by atoms with van der Waals surface area (Å²) in [5, 5.41) is 0.706. The van der Waals surface area contributed by atoms with Crippen molar-refractivity contribution in [1.29, 1.82) is 0 Å². The van der Waals surface area contributed by atoms with Crippen LogP contribution >= 0.6 is 7.82 Å². The second-order valence-corrected chi connectivity index (χ2v) is 9.52. The van der Waals surface area contributed by atoms with Crippen molar-refractivity contribution >= 4 is 20.2 Å². The van der Waals surface area contributed by atoms with E-state index in [2.05, 4.69) is 0 Å². The summed E-state index contributed by atoms with van der Waals surface area (Å²) in [5.74, 6) is -1.15. The van der Waals surface area contributed by atoms with Gasteiger partial charge in [-0.05, 0) is 34.7 Å². The van der Waals surface area contributed by atoms with Gasteiger partial charge < -0.3 is 14.5 Å². The van der Waals surface area contributed by atoms with Crippen molar-refractivity contribution in [2.24, 2.45) is 0 Å². The number of carbonyl (C=O) groups is 2. The lowest BCUT2D eigenvalue weighted by atomic mass is 9.98. The fourth-order valence-corrected chi connectivity index (χ4v) is 4.92. The molecule has 2 N–H and O–H groups in total. The summed E-state index contributed by atoms with van der Waals surface area (Å²) in [6.45, 7) is 1.15. The van der Waals surface area contributed by atoms with Crippen molar-refractivity contribution < 1.29 is 38.0 Å². The molecular weight excluding hydrogens is 485 g/mol. The summed E-state index contributed by atoms with van der Waals surface area (Å²) >= 11 is 0. The number of ether oxygens (including phenoxy) is 1. The Morgan fingerprint density at radius 3 is 2.08 bits per heavy atom. The van der Waals surface area contributed by atoms with E-state index in [1.807, 2.05) is 54.6 Å². The first-order chi connectivity index (χ1) is 17.3. The van der Waals surface area contributed by atoms with Crippen LogP contribution in [-0.4, -0.2) is 46.0 Å². The predicted molar refractivity (Wildman–Crippen MR) is 130 cm³/mol. The number of carbonyl (C=O) groups excluding carboxylic acids is 2. The standard InChI is InChI=1S/C26H26NO8P/c1-18(35-36(30,31)32)25(26(29)33-15-19-9-3-2-4-10-19)27(17-28)34-16-24-22-13-7-5-11-20(22)21-12-6-8-14-23(21)24/h2-14,17-18,24-25H,15-16H2,1H3,(H2,30,31,32)/t18-,25+/m1/s1. The molecule has 1 amide bonds. The Labute approximate surface area is 208 Å². The molecule has 36 heavy (non-hydrogen) atoms. The lowest BCUT2D eigenvalue weighted by Gasteiger charge is -2.30. The molecule has 0 unspecified atom stereocenters. The first-order valence-electron chi connectivity index (χ1n) is 11.3. The van der Waals surface area contributed by atoms with Gasteiger partial charge in [0.05, 0.1) is 6.61 Å². The van der Waals surface area contributed by atoms with Crippen molar-refractivity contribution in [1.82, 2.24) is 5.06 Å². The van der Waals surface area contributed by atoms with Crippen molar-refractivity contribution in [3.05, 3.63) is 95.6 Å². The van der Waals surface area contributed by atoms with Crippen LogP contribution in [0, 0.1) is 0 Å². The molecule has 188 valence electrons. The van der Waals surface area contributed by atoms with Gasteiger partial charge in [0.25, 0.3) is 0 Å². The third-order valence-corrected chi connectivity index (χ3v) is 6.55. The highest BCUT2D eigenvalue weighted by Crippen LogP contribution is 2.45. The third-order valence-electron chi connectivity index (χ3n) is 5.94. The number of phosphoric ester groups is 1. The normalized spacial score (nSPS) is 14.4. The summed E-state index contributed by atoms with van der Waals surface area (Å²) in [5.41, 5.74) is 4.82. The van der Waals surface area contributed by atoms with Crippen LogP contribution in [-0.2, 0) is 34.9 Å². The number of hydrogen-bond donors (Lipinski definition) is 2. The second-order valence-electron chi connectivity index (χ2n) is 8.33. The van der Waals surface area contributed by atoms with Crippen molar-refractivity contribution in [3.8, 4) is 11.1 Å². The molecule has 1 aliphatic carbocycles. The number of hydroxylamine groups is 2. The van der Waals surface area contributed by atoms with E-state index in [9.17, 15) is 23.9 Å². The van der Waals surface area contributed by atoms with Gasteiger partial charge in [-0.15, -0.1) is 0 Å². The number of fused-ring (bicyclic) bond motifs is 3. The SMILES string of the molecule is C[C@@H](OP(=O)(O)O)[C@@H](C(=O)OCc1ccccc1)N(C=O)OCC1c2ccccc2-c2ccccc21. The summed E-state index contributed by atoms with van der Waals surface area (Å²) < 4.78 is 21.5. The van der Waals surface area contributed by atoms with E-state index >= 15 is 0 Å². The van der Waals surface area contributed by atoms with E-state index < -0.39 is 25.9 Å². The van der Waals surface area contributed by atoms with E-state index in [4.69, 9.17) is 14.1 Å². The zero-order valence-corrected chi connectivity index (χ0v) is 20.4. The van der Waals surface area contributed by atoms with Gasteiger partial charge in [-0.2, -0.15) is 0 Å². The number of phosphoric acid groups is 1. The lowest BCUT2D eigenvalue weighted by Crippen LogP contribution is -2.49. The Morgan fingerprint density at radius 1 is 0.972 bits per heavy atom. The molecular formula is C26H26NO8P. The zero-order valence-electron chi connectivity index (χ0n) is 19.5. The van der Waals surface area contributed by atoms with Gasteiger partial charge >= 0.3 is 13.8 Å². The van der Waals surface area contributed by atoms with Crippen LogP contribution in [0.15, 0.2) is 78.9 Å². The number of hydrogen-bond acceptors (Lipinski definition) is 6. The molecule has 0 aromatic heterocycles. The Kier molecular flexibility index (Phi) is 7.98. The predicted octanol–water partition coefficient (Wildman–Crippen LogP) is 3.80. The minimum absolute atomic E-state index is 0.00212. The number of nitrogens with zero attached hydrogens (tertiary/aromatic N) is 1. The molecule has 1 aliphatic rings. The lowest BCUT2D eigenvalue weighted by molar-refractivity contribution is -0.208. The first kappa shape index (κ1) is 25.8. The zero-order chi connectivity index (χ0) is 25.7. The van der Waals surface area contributed by atoms with Crippen LogP contribution in [0.4, 0.5) is 0 Å². The number of benzene rings is 3. The van der Waals surface area contributed by atoms with Gasteiger partial charge in [-0.25, -0.2) is 14.4 Å². The van der Waals surface area contributed by atoms with E-state index in [1.54, 1.807) is 24.3 Å². The molecule has 3 aromatic rings. The van der Waals surface area contributed by atoms with Crippen LogP contribution < -0.4 is 0 Å². The first-order valence-corrected chi connectivity index (χ1v) is 12.8. The van der Waals surface area contributed by atoms with E-state index in [1.165, 1.54) is 6.92 Å². The summed E-state index contributed by atoms with van der Waals surface area (Å²) in [6, 6.07) is 23.0. The van der Waals surface area contributed by atoms with Crippen LogP contribution in [0.5, 0.6) is 0 Å². The Bertz CT molecular complexity index is 1220. The van der Waals surface area contributed by atoms with Gasteiger partial charge in [0, 0.05) is 5.92 Å². The molecule has 4 rings (SSSR count). The molecule has 0 saturated carbocycles. The maximum Gasteiger partial charge on any atom is 0.469 e. The molecule has 2 atom stereocenters. The average molecular weight is 511 g/mol. The average Bonchev–Trinajstić information content (AvgIpc) is 3.18. The topological polar surface area (TPSA) is 123 Å². The molecule has 9 nitrogen and oxygen atoms in total. The van der Waals surface area contributed by atoms with Crippen LogP contribution in [0.2, 0.25) is 0 Å². The summed E-state index contributed by atoms with van der Waals surface area (Å²) in [7, 11) is -4.98. The van der Waals surface area contributed by atoms with Gasteiger partial charge in [0.2, 0.25) is 6.41 Å². The molecule has 0 bridgehead atoms. The minimum Gasteiger partial charge on any atom is -0.459 e. The van der Waals surface area contributed by atoms with Gasteiger partial charge in [0.15, 0.2) is 6.04 Å². The number of amides is 1. The summed E-state index contributed by atoms with van der Waals surface area (Å²) in [4.78, 5) is 49.4. The summed E-state index contributed by atoms with van der Waals surface area (Å²) in [6.07, 6.45) is -1.15. The highest BCUT2D eigenvalue weighted by Gasteiger charge is 2.39. The maximum atomic E-state index is 13.0. The Balaban J connectivity index is 1.54. The van der Waals surface area contributed by atoms with E-state index in [-0.39, 0.29) is 25.5 Å².